The third kappa shape index (κ3) is 4.32. The molecule has 0 aliphatic carbocycles. The van der Waals surface area contributed by atoms with Crippen molar-refractivity contribution in [1.29, 1.82) is 0 Å². The van der Waals surface area contributed by atoms with E-state index in [2.05, 4.69) is 21.0 Å². The van der Waals surface area contributed by atoms with E-state index >= 15 is 0 Å². The van der Waals surface area contributed by atoms with Crippen molar-refractivity contribution in [2.75, 3.05) is 0 Å². The quantitative estimate of drug-likeness (QED) is 0.616. The van der Waals surface area contributed by atoms with Crippen LogP contribution < -0.4 is 10.9 Å². The summed E-state index contributed by atoms with van der Waals surface area (Å²) in [6.45, 7) is 0. The lowest BCUT2D eigenvalue weighted by molar-refractivity contribution is -0.137. The first-order valence-electron chi connectivity index (χ1n) is 7.73. The van der Waals surface area contributed by atoms with E-state index in [9.17, 15) is 22.8 Å². The number of H-pyrrole nitrogens is 1. The number of rotatable bonds is 3. The minimum absolute atomic E-state index is 0.0817. The van der Waals surface area contributed by atoms with Crippen LogP contribution in [0.15, 0.2) is 60.7 Å². The molecule has 0 unspecified atom stereocenters. The number of hydrogen-bond acceptors (Lipinski definition) is 3. The fourth-order valence-corrected chi connectivity index (χ4v) is 2.28. The summed E-state index contributed by atoms with van der Waals surface area (Å²) in [7, 11) is 0. The summed E-state index contributed by atoms with van der Waals surface area (Å²) in [6, 6.07) is 14.5. The van der Waals surface area contributed by atoms with Crippen molar-refractivity contribution in [2.45, 2.75) is 6.18 Å². The predicted octanol–water partition coefficient (Wildman–Crippen LogP) is 3.17. The van der Waals surface area contributed by atoms with Gasteiger partial charge in [0.05, 0.1) is 11.3 Å². The summed E-state index contributed by atoms with van der Waals surface area (Å²) < 4.78 is 38.1. The van der Waals surface area contributed by atoms with Gasteiger partial charge in [0.15, 0.2) is 0 Å². The van der Waals surface area contributed by atoms with Crippen molar-refractivity contribution in [2.24, 2.45) is 0 Å². The van der Waals surface area contributed by atoms with Crippen molar-refractivity contribution < 1.29 is 22.8 Å². The Morgan fingerprint density at radius 3 is 2.30 bits per heavy atom. The van der Waals surface area contributed by atoms with Crippen molar-refractivity contribution in [3.63, 3.8) is 0 Å². The molecule has 2 aromatic carbocycles. The first-order valence-corrected chi connectivity index (χ1v) is 7.73. The van der Waals surface area contributed by atoms with Crippen LogP contribution in [0.25, 0.3) is 11.3 Å². The first-order chi connectivity index (χ1) is 12.8. The van der Waals surface area contributed by atoms with E-state index in [1.807, 2.05) is 30.3 Å². The van der Waals surface area contributed by atoms with Gasteiger partial charge in [0.25, 0.3) is 11.8 Å². The average Bonchev–Trinajstić information content (AvgIpc) is 3.16. The smallest absolute Gasteiger partial charge is 0.272 e. The van der Waals surface area contributed by atoms with Crippen LogP contribution in [-0.4, -0.2) is 22.0 Å². The zero-order valence-electron chi connectivity index (χ0n) is 13.7. The molecule has 0 fully saturated rings. The number of nitrogens with zero attached hydrogens (tertiary/aromatic N) is 1. The van der Waals surface area contributed by atoms with Crippen LogP contribution in [0.4, 0.5) is 13.2 Å². The molecular weight excluding hydrogens is 361 g/mol. The zero-order chi connectivity index (χ0) is 19.4. The Kier molecular flexibility index (Phi) is 4.93. The zero-order valence-corrected chi connectivity index (χ0v) is 13.7. The van der Waals surface area contributed by atoms with E-state index in [4.69, 9.17) is 0 Å². The van der Waals surface area contributed by atoms with Crippen molar-refractivity contribution >= 4 is 11.8 Å². The second kappa shape index (κ2) is 7.32. The minimum Gasteiger partial charge on any atom is -0.272 e. The number of hydrogen-bond donors (Lipinski definition) is 3. The summed E-state index contributed by atoms with van der Waals surface area (Å²) in [5.74, 6) is -1.57. The molecule has 0 bridgehead atoms. The highest BCUT2D eigenvalue weighted by molar-refractivity contribution is 5.98. The van der Waals surface area contributed by atoms with Crippen LogP contribution in [0.5, 0.6) is 0 Å². The van der Waals surface area contributed by atoms with Gasteiger partial charge in [0.1, 0.15) is 5.69 Å². The monoisotopic (exact) mass is 374 g/mol. The third-order valence-electron chi connectivity index (χ3n) is 3.63. The molecular formula is C18H13F3N4O2. The van der Waals surface area contributed by atoms with Gasteiger partial charge >= 0.3 is 6.18 Å². The molecule has 1 heterocycles. The van der Waals surface area contributed by atoms with Crippen LogP contribution in [0.1, 0.15) is 26.4 Å². The molecule has 2 amide bonds. The maximum atomic E-state index is 12.7. The first kappa shape index (κ1) is 18.2. The number of nitrogens with one attached hydrogen (secondary N) is 3. The van der Waals surface area contributed by atoms with Crippen molar-refractivity contribution in [3.8, 4) is 11.3 Å². The van der Waals surface area contributed by atoms with Crippen LogP contribution >= 0.6 is 0 Å². The van der Waals surface area contributed by atoms with Crippen LogP contribution in [0.2, 0.25) is 0 Å². The van der Waals surface area contributed by atoms with Gasteiger partial charge in [-0.05, 0) is 24.3 Å². The Balaban J connectivity index is 1.64. The summed E-state index contributed by atoms with van der Waals surface area (Å²) in [6.07, 6.45) is -4.57. The Labute approximate surface area is 151 Å². The highest BCUT2D eigenvalue weighted by Crippen LogP contribution is 2.29. The Bertz CT molecular complexity index is 968. The van der Waals surface area contributed by atoms with E-state index in [0.29, 0.717) is 11.8 Å². The van der Waals surface area contributed by atoms with Gasteiger partial charge in [-0.2, -0.15) is 18.3 Å². The maximum Gasteiger partial charge on any atom is 0.416 e. The lowest BCUT2D eigenvalue weighted by Gasteiger charge is -2.09. The van der Waals surface area contributed by atoms with E-state index in [1.165, 1.54) is 12.1 Å². The summed E-state index contributed by atoms with van der Waals surface area (Å²) in [5.41, 5.74) is 4.41. The molecule has 0 spiro atoms. The van der Waals surface area contributed by atoms with Gasteiger partial charge in [-0.25, -0.2) is 0 Å². The number of halogens is 3. The summed E-state index contributed by atoms with van der Waals surface area (Å²) in [5, 5.41) is 6.54. The number of amides is 2. The average molecular weight is 374 g/mol. The molecule has 0 radical (unpaired) electrons. The Morgan fingerprint density at radius 1 is 0.889 bits per heavy atom. The topological polar surface area (TPSA) is 86.9 Å². The molecule has 0 aliphatic rings. The number of aromatic amines is 1. The van der Waals surface area contributed by atoms with Crippen molar-refractivity contribution in [1.82, 2.24) is 21.0 Å². The van der Waals surface area contributed by atoms with Gasteiger partial charge in [0, 0.05) is 11.1 Å². The lowest BCUT2D eigenvalue weighted by atomic mass is 10.1. The fraction of sp³-hybridized carbons (Fsp3) is 0.0556. The second-order valence-corrected chi connectivity index (χ2v) is 5.52. The Hall–Kier alpha value is -3.62. The number of alkyl halides is 3. The molecule has 0 saturated heterocycles. The molecule has 27 heavy (non-hydrogen) atoms. The highest BCUT2D eigenvalue weighted by atomic mass is 19.4. The van der Waals surface area contributed by atoms with E-state index in [1.54, 1.807) is 0 Å². The number of carbonyl (C=O) groups is 2. The molecule has 3 aromatic rings. The van der Waals surface area contributed by atoms with Gasteiger partial charge in [0.2, 0.25) is 0 Å². The summed E-state index contributed by atoms with van der Waals surface area (Å²) >= 11 is 0. The van der Waals surface area contributed by atoms with E-state index in [0.717, 1.165) is 17.7 Å². The second-order valence-electron chi connectivity index (χ2n) is 5.52. The standard InChI is InChI=1S/C18H13F3N4O2/c19-18(20,21)13-8-4-7-12(9-13)16(26)24-25-17(27)15-10-14(22-23-15)11-5-2-1-3-6-11/h1-10H,(H,22,23)(H,24,26)(H,25,27). The van der Waals surface area contributed by atoms with E-state index < -0.39 is 23.6 Å². The van der Waals surface area contributed by atoms with Gasteiger partial charge < -0.3 is 0 Å². The predicted molar refractivity (Wildman–Crippen MR) is 90.4 cm³/mol. The van der Waals surface area contributed by atoms with Gasteiger partial charge in [-0.3, -0.25) is 25.5 Å². The number of aromatic nitrogens is 2. The van der Waals surface area contributed by atoms with Gasteiger partial charge in [-0.1, -0.05) is 36.4 Å². The summed E-state index contributed by atoms with van der Waals surface area (Å²) in [4.78, 5) is 24.0. The number of benzene rings is 2. The molecule has 0 atom stereocenters. The molecule has 0 aliphatic heterocycles. The molecule has 6 nitrogen and oxygen atoms in total. The minimum atomic E-state index is -4.57. The maximum absolute atomic E-state index is 12.7. The molecule has 138 valence electrons. The number of carbonyl (C=O) groups excluding carboxylic acids is 2. The molecule has 1 aromatic heterocycles. The van der Waals surface area contributed by atoms with Crippen LogP contribution in [0.3, 0.4) is 0 Å². The van der Waals surface area contributed by atoms with Crippen molar-refractivity contribution in [3.05, 3.63) is 77.5 Å². The van der Waals surface area contributed by atoms with Crippen LogP contribution in [-0.2, 0) is 6.18 Å². The molecule has 3 N–H and O–H groups in total. The normalized spacial score (nSPS) is 11.1. The van der Waals surface area contributed by atoms with Gasteiger partial charge in [-0.15, -0.1) is 0 Å². The largest absolute Gasteiger partial charge is 0.416 e. The molecule has 3 rings (SSSR count). The lowest BCUT2D eigenvalue weighted by Crippen LogP contribution is -2.41. The number of hydrazine groups is 1. The van der Waals surface area contributed by atoms with Crippen LogP contribution in [0, 0.1) is 0 Å². The van der Waals surface area contributed by atoms with E-state index in [-0.39, 0.29) is 11.3 Å². The third-order valence-corrected chi connectivity index (χ3v) is 3.63. The Morgan fingerprint density at radius 2 is 1.59 bits per heavy atom. The molecule has 9 heteroatoms. The SMILES string of the molecule is O=C(NNC(=O)c1cc(-c2ccccc2)n[nH]1)c1cccc(C(F)(F)F)c1. The molecule has 0 saturated carbocycles. The highest BCUT2D eigenvalue weighted by Gasteiger charge is 2.30. The fourth-order valence-electron chi connectivity index (χ4n) is 2.28.